The number of imidazole rings is 1. The molecule has 0 atom stereocenters. The fourth-order valence-corrected chi connectivity index (χ4v) is 4.04. The van der Waals surface area contributed by atoms with Crippen molar-refractivity contribution in [2.24, 2.45) is 5.10 Å². The van der Waals surface area contributed by atoms with Gasteiger partial charge in [0.15, 0.2) is 5.16 Å². The third-order valence-corrected chi connectivity index (χ3v) is 5.96. The third kappa shape index (κ3) is 5.67. The lowest BCUT2D eigenvalue weighted by Gasteiger charge is -2.09. The highest BCUT2D eigenvalue weighted by atomic mass is 35.5. The quantitative estimate of drug-likeness (QED) is 0.217. The van der Waals surface area contributed by atoms with Crippen LogP contribution in [-0.2, 0) is 11.3 Å². The van der Waals surface area contributed by atoms with E-state index in [-0.39, 0.29) is 11.7 Å². The van der Waals surface area contributed by atoms with E-state index in [1.165, 1.54) is 11.8 Å². The van der Waals surface area contributed by atoms with E-state index >= 15 is 0 Å². The number of hydrogen-bond acceptors (Lipinski definition) is 4. The maximum absolute atomic E-state index is 12.3. The second-order valence-electron chi connectivity index (χ2n) is 6.73. The first-order valence-corrected chi connectivity index (χ1v) is 11.2. The number of nitrogens with zero attached hydrogens (tertiary/aromatic N) is 3. The van der Waals surface area contributed by atoms with E-state index in [0.717, 1.165) is 27.3 Å². The van der Waals surface area contributed by atoms with E-state index < -0.39 is 0 Å². The second-order valence-corrected chi connectivity index (χ2v) is 8.54. The smallest absolute Gasteiger partial charge is 0.250 e. The van der Waals surface area contributed by atoms with Crippen molar-refractivity contribution in [2.45, 2.75) is 11.7 Å². The van der Waals surface area contributed by atoms with Gasteiger partial charge in [-0.3, -0.25) is 4.79 Å². The normalized spacial score (nSPS) is 11.3. The molecule has 0 unspecified atom stereocenters. The van der Waals surface area contributed by atoms with Crippen molar-refractivity contribution in [3.8, 4) is 0 Å². The van der Waals surface area contributed by atoms with Crippen LogP contribution in [0.5, 0.6) is 0 Å². The number of benzene rings is 3. The standard InChI is InChI=1S/C23H18Cl2N4OS/c24-18-9-5-16(6-10-18)13-26-28-22(30)15-31-23-27-20-3-1-2-4-21(20)29(23)14-17-7-11-19(25)12-8-17/h1-13H,14-15H2,(H,28,30). The summed E-state index contributed by atoms with van der Waals surface area (Å²) in [6, 6.07) is 22.8. The summed E-state index contributed by atoms with van der Waals surface area (Å²) < 4.78 is 2.10. The zero-order valence-corrected chi connectivity index (χ0v) is 18.7. The number of hydrazone groups is 1. The fraction of sp³-hybridized carbons (Fsp3) is 0.0870. The summed E-state index contributed by atoms with van der Waals surface area (Å²) in [4.78, 5) is 17.0. The number of rotatable bonds is 7. The molecular weight excluding hydrogens is 451 g/mol. The first-order chi connectivity index (χ1) is 15.1. The van der Waals surface area contributed by atoms with Crippen molar-refractivity contribution in [3.05, 3.63) is 94.0 Å². The van der Waals surface area contributed by atoms with Crippen LogP contribution in [0.3, 0.4) is 0 Å². The summed E-state index contributed by atoms with van der Waals surface area (Å²) in [6.07, 6.45) is 1.58. The highest BCUT2D eigenvalue weighted by molar-refractivity contribution is 7.99. The molecule has 1 heterocycles. The van der Waals surface area contributed by atoms with Gasteiger partial charge in [0.2, 0.25) is 0 Å². The minimum atomic E-state index is -0.208. The van der Waals surface area contributed by atoms with Crippen LogP contribution in [0.2, 0.25) is 10.0 Å². The lowest BCUT2D eigenvalue weighted by Crippen LogP contribution is -2.20. The zero-order valence-electron chi connectivity index (χ0n) is 16.3. The van der Waals surface area contributed by atoms with Crippen LogP contribution in [0.15, 0.2) is 83.1 Å². The Hall–Kier alpha value is -2.80. The van der Waals surface area contributed by atoms with Gasteiger partial charge < -0.3 is 4.57 Å². The molecule has 0 aliphatic rings. The minimum Gasteiger partial charge on any atom is -0.314 e. The summed E-state index contributed by atoms with van der Waals surface area (Å²) in [5.74, 6) is -0.0117. The Labute approximate surface area is 194 Å². The van der Waals surface area contributed by atoms with Gasteiger partial charge >= 0.3 is 0 Å². The molecule has 0 aliphatic heterocycles. The first-order valence-electron chi connectivity index (χ1n) is 9.48. The van der Waals surface area contributed by atoms with E-state index in [2.05, 4.69) is 15.1 Å². The van der Waals surface area contributed by atoms with Gasteiger partial charge in [0.1, 0.15) is 0 Å². The molecule has 5 nitrogen and oxygen atoms in total. The number of amides is 1. The number of carbonyl (C=O) groups is 1. The highest BCUT2D eigenvalue weighted by Gasteiger charge is 2.13. The predicted molar refractivity (Wildman–Crippen MR) is 128 cm³/mol. The van der Waals surface area contributed by atoms with Crippen molar-refractivity contribution in [1.82, 2.24) is 15.0 Å². The number of nitrogens with one attached hydrogen (secondary N) is 1. The number of fused-ring (bicyclic) bond motifs is 1. The van der Waals surface area contributed by atoms with Crippen molar-refractivity contribution in [3.63, 3.8) is 0 Å². The van der Waals surface area contributed by atoms with Crippen LogP contribution < -0.4 is 5.43 Å². The number of hydrogen-bond donors (Lipinski definition) is 1. The molecule has 3 aromatic carbocycles. The van der Waals surface area contributed by atoms with E-state index in [4.69, 9.17) is 28.2 Å². The molecule has 0 fully saturated rings. The molecule has 0 bridgehead atoms. The highest BCUT2D eigenvalue weighted by Crippen LogP contribution is 2.25. The molecule has 31 heavy (non-hydrogen) atoms. The van der Waals surface area contributed by atoms with Crippen LogP contribution in [-0.4, -0.2) is 27.4 Å². The molecule has 1 aromatic heterocycles. The SMILES string of the molecule is O=C(CSc1nc2ccccc2n1Cc1ccc(Cl)cc1)NN=Cc1ccc(Cl)cc1. The molecule has 0 saturated carbocycles. The van der Waals surface area contributed by atoms with E-state index in [1.54, 1.807) is 18.3 Å². The molecule has 4 aromatic rings. The molecule has 0 aliphatic carbocycles. The van der Waals surface area contributed by atoms with Gasteiger partial charge in [0.05, 0.1) is 29.5 Å². The minimum absolute atomic E-state index is 0.196. The number of thioether (sulfide) groups is 1. The van der Waals surface area contributed by atoms with Gasteiger partial charge in [0, 0.05) is 10.0 Å². The van der Waals surface area contributed by atoms with Crippen molar-refractivity contribution >= 4 is 58.1 Å². The molecule has 0 spiro atoms. The Kier molecular flexibility index (Phi) is 6.92. The maximum atomic E-state index is 12.3. The maximum Gasteiger partial charge on any atom is 0.250 e. The summed E-state index contributed by atoms with van der Waals surface area (Å²) >= 11 is 13.2. The Morgan fingerprint density at radius 2 is 1.68 bits per heavy atom. The number of aromatic nitrogens is 2. The molecular formula is C23H18Cl2N4OS. The average molecular weight is 469 g/mol. The largest absolute Gasteiger partial charge is 0.314 e. The molecule has 1 amide bonds. The summed E-state index contributed by atoms with van der Waals surface area (Å²) in [5.41, 5.74) is 6.41. The van der Waals surface area contributed by atoms with Gasteiger partial charge in [-0.1, -0.05) is 71.4 Å². The zero-order chi connectivity index (χ0) is 21.6. The van der Waals surface area contributed by atoms with Crippen molar-refractivity contribution < 1.29 is 4.79 Å². The molecule has 1 N–H and O–H groups in total. The molecule has 8 heteroatoms. The monoisotopic (exact) mass is 468 g/mol. The predicted octanol–water partition coefficient (Wildman–Crippen LogP) is 5.63. The van der Waals surface area contributed by atoms with Crippen LogP contribution in [0.4, 0.5) is 0 Å². The van der Waals surface area contributed by atoms with Gasteiger partial charge in [-0.25, -0.2) is 10.4 Å². The fourth-order valence-electron chi connectivity index (χ4n) is 2.98. The number of para-hydroxylation sites is 2. The first kappa shape index (κ1) is 21.4. The second kappa shape index (κ2) is 10.0. The lowest BCUT2D eigenvalue weighted by atomic mass is 10.2. The lowest BCUT2D eigenvalue weighted by molar-refractivity contribution is -0.118. The summed E-state index contributed by atoms with van der Waals surface area (Å²) in [5, 5.41) is 6.13. The Morgan fingerprint density at radius 1 is 1.00 bits per heavy atom. The van der Waals surface area contributed by atoms with E-state index in [0.29, 0.717) is 16.6 Å². The third-order valence-electron chi connectivity index (χ3n) is 4.48. The topological polar surface area (TPSA) is 59.3 Å². The van der Waals surface area contributed by atoms with E-state index in [1.807, 2.05) is 60.7 Å². The van der Waals surface area contributed by atoms with Crippen LogP contribution >= 0.6 is 35.0 Å². The van der Waals surface area contributed by atoms with Crippen molar-refractivity contribution in [2.75, 3.05) is 5.75 Å². The molecule has 156 valence electrons. The van der Waals surface area contributed by atoms with E-state index in [9.17, 15) is 4.79 Å². The molecule has 4 rings (SSSR count). The summed E-state index contributed by atoms with van der Waals surface area (Å²) in [7, 11) is 0. The summed E-state index contributed by atoms with van der Waals surface area (Å²) in [6.45, 7) is 0.635. The van der Waals surface area contributed by atoms with Gasteiger partial charge in [-0.2, -0.15) is 5.10 Å². The van der Waals surface area contributed by atoms with Crippen LogP contribution in [0.25, 0.3) is 11.0 Å². The number of halogens is 2. The molecule has 0 radical (unpaired) electrons. The van der Waals surface area contributed by atoms with Crippen LogP contribution in [0, 0.1) is 0 Å². The Bertz CT molecular complexity index is 1220. The number of carbonyl (C=O) groups excluding carboxylic acids is 1. The van der Waals surface area contributed by atoms with Crippen molar-refractivity contribution in [1.29, 1.82) is 0 Å². The Morgan fingerprint density at radius 3 is 2.42 bits per heavy atom. The average Bonchev–Trinajstić information content (AvgIpc) is 3.12. The van der Waals surface area contributed by atoms with Gasteiger partial charge in [0.25, 0.3) is 5.91 Å². The van der Waals surface area contributed by atoms with Gasteiger partial charge in [-0.05, 0) is 47.5 Å². The van der Waals surface area contributed by atoms with Crippen LogP contribution in [0.1, 0.15) is 11.1 Å². The Balaban J connectivity index is 1.44. The molecule has 0 saturated heterocycles. The van der Waals surface area contributed by atoms with Gasteiger partial charge in [-0.15, -0.1) is 0 Å².